The molecule has 1 atom stereocenters. The molecular weight excluding hydrogens is 276 g/mol. The van der Waals surface area contributed by atoms with Crippen molar-refractivity contribution in [1.29, 1.82) is 0 Å². The van der Waals surface area contributed by atoms with Gasteiger partial charge in [-0.2, -0.15) is 0 Å². The molecule has 1 amide bonds. The standard InChI is InChI=1S/C16H26N2O2.C2H6/c1-4-16(20)17-11-8-12-18(2,3)13-15(19)14-9-6-5-7-10-14;1-2/h5-7,9-10,15,19H,4,8,11-13H2,1-3H3;1-2H3/p+1. The van der Waals surface area contributed by atoms with Crippen LogP contribution in [0.3, 0.4) is 0 Å². The van der Waals surface area contributed by atoms with Gasteiger partial charge >= 0.3 is 0 Å². The van der Waals surface area contributed by atoms with Crippen molar-refractivity contribution in [3.8, 4) is 0 Å². The number of benzene rings is 1. The number of quaternary nitrogens is 1. The molecule has 1 aromatic rings. The summed E-state index contributed by atoms with van der Waals surface area (Å²) < 4.78 is 0.734. The lowest BCUT2D eigenvalue weighted by molar-refractivity contribution is -0.894. The number of hydrogen-bond acceptors (Lipinski definition) is 2. The molecule has 0 bridgehead atoms. The number of carbonyl (C=O) groups is 1. The van der Waals surface area contributed by atoms with Gasteiger partial charge in [-0.05, 0) is 5.56 Å². The van der Waals surface area contributed by atoms with E-state index in [9.17, 15) is 9.90 Å². The van der Waals surface area contributed by atoms with Gasteiger partial charge in [0.2, 0.25) is 5.91 Å². The fraction of sp³-hybridized carbons (Fsp3) is 0.611. The van der Waals surface area contributed by atoms with Crippen LogP contribution in [0.2, 0.25) is 0 Å². The summed E-state index contributed by atoms with van der Waals surface area (Å²) in [6.45, 7) is 8.15. The van der Waals surface area contributed by atoms with Gasteiger partial charge in [-0.15, -0.1) is 0 Å². The van der Waals surface area contributed by atoms with Crippen LogP contribution in [0.15, 0.2) is 30.3 Å². The molecule has 1 rings (SSSR count). The molecule has 2 N–H and O–H groups in total. The van der Waals surface area contributed by atoms with Crippen LogP contribution < -0.4 is 5.32 Å². The van der Waals surface area contributed by atoms with Crippen molar-refractivity contribution in [2.45, 2.75) is 39.7 Å². The Morgan fingerprint density at radius 3 is 2.36 bits per heavy atom. The predicted molar refractivity (Wildman–Crippen MR) is 92.5 cm³/mol. The van der Waals surface area contributed by atoms with Gasteiger partial charge in [0.15, 0.2) is 0 Å². The van der Waals surface area contributed by atoms with Crippen LogP contribution in [0.5, 0.6) is 0 Å². The Hall–Kier alpha value is -1.39. The Labute approximate surface area is 135 Å². The molecule has 1 unspecified atom stereocenters. The maximum atomic E-state index is 11.1. The molecule has 0 aliphatic carbocycles. The Morgan fingerprint density at radius 1 is 1.23 bits per heavy atom. The summed E-state index contributed by atoms with van der Waals surface area (Å²) in [7, 11) is 4.21. The van der Waals surface area contributed by atoms with Crippen LogP contribution in [0.25, 0.3) is 0 Å². The number of rotatable bonds is 8. The number of hydrogen-bond donors (Lipinski definition) is 2. The SMILES string of the molecule is CC.CCC(=O)NCCC[N+](C)(C)CC(O)c1ccccc1. The number of amides is 1. The maximum Gasteiger partial charge on any atom is 0.219 e. The number of aliphatic hydroxyl groups excluding tert-OH is 1. The zero-order valence-electron chi connectivity index (χ0n) is 14.8. The van der Waals surface area contributed by atoms with Crippen molar-refractivity contribution in [3.63, 3.8) is 0 Å². The molecule has 0 aromatic heterocycles. The molecule has 0 heterocycles. The van der Waals surface area contributed by atoms with Crippen LogP contribution in [0, 0.1) is 0 Å². The van der Waals surface area contributed by atoms with Crippen molar-refractivity contribution >= 4 is 5.91 Å². The van der Waals surface area contributed by atoms with Crippen LogP contribution in [-0.4, -0.2) is 49.2 Å². The number of aliphatic hydroxyl groups is 1. The van der Waals surface area contributed by atoms with Gasteiger partial charge in [-0.1, -0.05) is 51.1 Å². The van der Waals surface area contributed by atoms with Crippen molar-refractivity contribution < 1.29 is 14.4 Å². The highest BCUT2D eigenvalue weighted by Crippen LogP contribution is 2.16. The fourth-order valence-corrected chi connectivity index (χ4v) is 2.20. The summed E-state index contributed by atoms with van der Waals surface area (Å²) in [5, 5.41) is 13.1. The van der Waals surface area contributed by atoms with Gasteiger partial charge in [-0.3, -0.25) is 4.79 Å². The van der Waals surface area contributed by atoms with Crippen LogP contribution >= 0.6 is 0 Å². The Kier molecular flexibility index (Phi) is 10.5. The van der Waals surface area contributed by atoms with Crippen molar-refractivity contribution in [1.82, 2.24) is 5.32 Å². The number of carbonyl (C=O) groups excluding carboxylic acids is 1. The summed E-state index contributed by atoms with van der Waals surface area (Å²) >= 11 is 0. The maximum absolute atomic E-state index is 11.1. The lowest BCUT2D eigenvalue weighted by Gasteiger charge is -2.32. The number of likely N-dealkylation sites (N-methyl/N-ethyl adjacent to an activating group) is 1. The topological polar surface area (TPSA) is 49.3 Å². The largest absolute Gasteiger partial charge is 0.382 e. The molecule has 22 heavy (non-hydrogen) atoms. The minimum Gasteiger partial charge on any atom is -0.382 e. The third kappa shape index (κ3) is 8.80. The zero-order valence-corrected chi connectivity index (χ0v) is 14.8. The van der Waals surface area contributed by atoms with Gasteiger partial charge in [0.05, 0.1) is 20.6 Å². The van der Waals surface area contributed by atoms with E-state index in [1.807, 2.05) is 51.1 Å². The second kappa shape index (κ2) is 11.2. The van der Waals surface area contributed by atoms with Crippen molar-refractivity contribution in [3.05, 3.63) is 35.9 Å². The second-order valence-corrected chi connectivity index (χ2v) is 5.83. The van der Waals surface area contributed by atoms with Crippen LogP contribution in [0.1, 0.15) is 45.3 Å². The van der Waals surface area contributed by atoms with Gasteiger partial charge in [0.25, 0.3) is 0 Å². The smallest absolute Gasteiger partial charge is 0.219 e. The lowest BCUT2D eigenvalue weighted by atomic mass is 10.1. The molecule has 4 nitrogen and oxygen atoms in total. The summed E-state index contributed by atoms with van der Waals surface area (Å²) in [6.07, 6.45) is 1.00. The molecule has 0 spiro atoms. The van der Waals surface area contributed by atoms with Gasteiger partial charge < -0.3 is 14.9 Å². The van der Waals surface area contributed by atoms with Gasteiger partial charge in [-0.25, -0.2) is 0 Å². The highest BCUT2D eigenvalue weighted by atomic mass is 16.3. The molecule has 126 valence electrons. The summed E-state index contributed by atoms with van der Waals surface area (Å²) in [5.41, 5.74) is 0.956. The molecule has 0 saturated carbocycles. The van der Waals surface area contributed by atoms with Crippen LogP contribution in [-0.2, 0) is 4.79 Å². The quantitative estimate of drug-likeness (QED) is 0.573. The Morgan fingerprint density at radius 2 is 1.82 bits per heavy atom. The lowest BCUT2D eigenvalue weighted by Crippen LogP contribution is -2.44. The summed E-state index contributed by atoms with van der Waals surface area (Å²) in [4.78, 5) is 11.1. The average molecular weight is 309 g/mol. The normalized spacial score (nSPS) is 12.1. The second-order valence-electron chi connectivity index (χ2n) is 5.83. The van der Waals surface area contributed by atoms with E-state index < -0.39 is 6.10 Å². The minimum atomic E-state index is -0.448. The zero-order chi connectivity index (χ0) is 17.0. The Balaban J connectivity index is 0.00000211. The molecule has 0 aliphatic heterocycles. The first-order valence-corrected chi connectivity index (χ1v) is 8.26. The molecule has 1 aromatic carbocycles. The summed E-state index contributed by atoms with van der Waals surface area (Å²) in [6, 6.07) is 9.74. The van der Waals surface area contributed by atoms with E-state index in [4.69, 9.17) is 0 Å². The molecule has 0 aliphatic rings. The van der Waals surface area contributed by atoms with E-state index in [-0.39, 0.29) is 5.91 Å². The van der Waals surface area contributed by atoms with Crippen molar-refractivity contribution in [2.75, 3.05) is 33.7 Å². The van der Waals surface area contributed by atoms with E-state index in [2.05, 4.69) is 19.4 Å². The molecule has 4 heteroatoms. The first kappa shape index (κ1) is 20.6. The fourth-order valence-electron chi connectivity index (χ4n) is 2.20. The predicted octanol–water partition coefficient (Wildman–Crippen LogP) is 2.74. The monoisotopic (exact) mass is 309 g/mol. The molecular formula is C18H33N2O2+. The number of nitrogens with zero attached hydrogens (tertiary/aromatic N) is 1. The van der Waals surface area contributed by atoms with Gasteiger partial charge in [0.1, 0.15) is 12.6 Å². The van der Waals surface area contributed by atoms with Crippen LogP contribution in [0.4, 0.5) is 0 Å². The third-order valence-electron chi connectivity index (χ3n) is 3.44. The highest BCUT2D eigenvalue weighted by molar-refractivity contribution is 5.75. The van der Waals surface area contributed by atoms with E-state index >= 15 is 0 Å². The molecule has 0 saturated heterocycles. The van der Waals surface area contributed by atoms with E-state index in [1.54, 1.807) is 0 Å². The first-order chi connectivity index (χ1) is 10.4. The van der Waals surface area contributed by atoms with E-state index in [0.717, 1.165) is 23.0 Å². The number of nitrogens with one attached hydrogen (secondary N) is 1. The highest BCUT2D eigenvalue weighted by Gasteiger charge is 2.21. The third-order valence-corrected chi connectivity index (χ3v) is 3.44. The minimum absolute atomic E-state index is 0.0969. The van der Waals surface area contributed by atoms with Crippen molar-refractivity contribution in [2.24, 2.45) is 0 Å². The summed E-state index contributed by atoms with van der Waals surface area (Å²) in [5.74, 6) is 0.0969. The average Bonchev–Trinajstić information content (AvgIpc) is 2.53. The Bertz CT molecular complexity index is 405. The molecule has 0 fully saturated rings. The van der Waals surface area contributed by atoms with Gasteiger partial charge in [0, 0.05) is 19.4 Å². The first-order valence-electron chi connectivity index (χ1n) is 8.26. The van der Waals surface area contributed by atoms with E-state index in [1.165, 1.54) is 0 Å². The molecule has 0 radical (unpaired) electrons. The van der Waals surface area contributed by atoms with E-state index in [0.29, 0.717) is 19.5 Å².